The fraction of sp³-hybridized carbons (Fsp3) is 0.727. The Bertz CT molecular complexity index is 406. The minimum atomic E-state index is -0.295. The van der Waals surface area contributed by atoms with Crippen LogP contribution in [-0.4, -0.2) is 38.6 Å². The van der Waals surface area contributed by atoms with Gasteiger partial charge in [-0.3, -0.25) is 5.32 Å². The Labute approximate surface area is 106 Å². The zero-order valence-electron chi connectivity index (χ0n) is 10.5. The Morgan fingerprint density at radius 1 is 1.56 bits per heavy atom. The molecule has 2 atom stereocenters. The largest absolute Gasteiger partial charge is 0.396 e. The summed E-state index contributed by atoms with van der Waals surface area (Å²) in [5, 5.41) is 18.7. The molecule has 2 rings (SSSR count). The molecule has 1 aromatic rings. The molecule has 0 bridgehead atoms. The minimum Gasteiger partial charge on any atom is -0.396 e. The Morgan fingerprint density at radius 3 is 3.00 bits per heavy atom. The molecule has 1 heterocycles. The second-order valence-electron chi connectivity index (χ2n) is 4.64. The quantitative estimate of drug-likeness (QED) is 0.731. The van der Waals surface area contributed by atoms with Gasteiger partial charge in [-0.1, -0.05) is 12.8 Å². The highest BCUT2D eigenvalue weighted by atomic mass is 16.3. The molecule has 3 N–H and O–H groups in total. The Hall–Kier alpha value is -1.63. The summed E-state index contributed by atoms with van der Waals surface area (Å²) in [4.78, 5) is 15.7. The number of aliphatic hydroxyl groups excluding tert-OH is 1. The topological polar surface area (TPSA) is 92.1 Å². The fourth-order valence-electron chi connectivity index (χ4n) is 2.33. The second kappa shape index (κ2) is 5.81. The van der Waals surface area contributed by atoms with Crippen LogP contribution in [0.15, 0.2) is 6.33 Å². The zero-order chi connectivity index (χ0) is 13.0. The van der Waals surface area contributed by atoms with E-state index >= 15 is 0 Å². The van der Waals surface area contributed by atoms with Crippen LogP contribution in [0.2, 0.25) is 0 Å². The molecule has 100 valence electrons. The number of anilines is 1. The number of aliphatic hydroxyl groups is 1. The minimum absolute atomic E-state index is 0.0389. The number of nitrogens with one attached hydrogen (secondary N) is 2. The molecule has 1 aromatic heterocycles. The molecular weight excluding hydrogens is 234 g/mol. The van der Waals surface area contributed by atoms with E-state index in [1.165, 1.54) is 11.0 Å². The highest BCUT2D eigenvalue weighted by Gasteiger charge is 2.26. The van der Waals surface area contributed by atoms with E-state index in [0.717, 1.165) is 25.7 Å². The standard InChI is InChI=1S/C11H19N5O2/c1-16-10(12-7-13-16)15-11(18)14-9-5-3-2-4-8(9)6-17/h7-9,17H,2-6H2,1H3,(H2,12,13,14,15,18)/t8-,9+/m0/s1. The summed E-state index contributed by atoms with van der Waals surface area (Å²) in [6.45, 7) is 0.120. The van der Waals surface area contributed by atoms with Crippen molar-refractivity contribution >= 4 is 12.0 Å². The number of amides is 2. The van der Waals surface area contributed by atoms with Crippen LogP contribution in [0.3, 0.4) is 0 Å². The first kappa shape index (κ1) is 12.8. The van der Waals surface area contributed by atoms with Crippen molar-refractivity contribution in [3.05, 3.63) is 6.33 Å². The van der Waals surface area contributed by atoms with Gasteiger partial charge in [0, 0.05) is 25.6 Å². The smallest absolute Gasteiger partial charge is 0.321 e. The van der Waals surface area contributed by atoms with E-state index < -0.39 is 0 Å². The van der Waals surface area contributed by atoms with Crippen molar-refractivity contribution in [2.24, 2.45) is 13.0 Å². The van der Waals surface area contributed by atoms with Gasteiger partial charge in [0.2, 0.25) is 5.95 Å². The normalized spacial score (nSPS) is 23.7. The van der Waals surface area contributed by atoms with Crippen molar-refractivity contribution in [3.63, 3.8) is 0 Å². The summed E-state index contributed by atoms with van der Waals surface area (Å²) in [6.07, 6.45) is 5.47. The number of hydrogen-bond donors (Lipinski definition) is 3. The predicted molar refractivity (Wildman–Crippen MR) is 66.0 cm³/mol. The molecule has 1 saturated carbocycles. The number of rotatable bonds is 3. The molecule has 0 saturated heterocycles. The summed E-state index contributed by atoms with van der Waals surface area (Å²) < 4.78 is 1.49. The first-order chi connectivity index (χ1) is 8.70. The summed E-state index contributed by atoms with van der Waals surface area (Å²) in [5.41, 5.74) is 0. The van der Waals surface area contributed by atoms with Gasteiger partial charge in [0.25, 0.3) is 0 Å². The van der Waals surface area contributed by atoms with E-state index in [9.17, 15) is 9.90 Å². The number of urea groups is 1. The first-order valence-electron chi connectivity index (χ1n) is 6.23. The molecule has 1 aliphatic carbocycles. The van der Waals surface area contributed by atoms with E-state index in [2.05, 4.69) is 20.7 Å². The lowest BCUT2D eigenvalue weighted by Gasteiger charge is -2.30. The zero-order valence-corrected chi connectivity index (χ0v) is 10.5. The van der Waals surface area contributed by atoms with Gasteiger partial charge in [0.05, 0.1) is 0 Å². The van der Waals surface area contributed by atoms with Crippen LogP contribution in [0.5, 0.6) is 0 Å². The van der Waals surface area contributed by atoms with Crippen LogP contribution >= 0.6 is 0 Å². The van der Waals surface area contributed by atoms with Gasteiger partial charge in [0.15, 0.2) is 0 Å². The van der Waals surface area contributed by atoms with Crippen molar-refractivity contribution in [1.29, 1.82) is 0 Å². The molecule has 7 heteroatoms. The van der Waals surface area contributed by atoms with Gasteiger partial charge in [-0.15, -0.1) is 0 Å². The number of aromatic nitrogens is 3. The van der Waals surface area contributed by atoms with Gasteiger partial charge in [-0.2, -0.15) is 10.1 Å². The molecule has 0 aromatic carbocycles. The van der Waals surface area contributed by atoms with Gasteiger partial charge >= 0.3 is 6.03 Å². The summed E-state index contributed by atoms with van der Waals surface area (Å²) in [7, 11) is 1.71. The van der Waals surface area contributed by atoms with Gasteiger partial charge < -0.3 is 10.4 Å². The first-order valence-corrected chi connectivity index (χ1v) is 6.23. The molecule has 18 heavy (non-hydrogen) atoms. The van der Waals surface area contributed by atoms with E-state index in [-0.39, 0.29) is 24.6 Å². The maximum absolute atomic E-state index is 11.8. The molecule has 7 nitrogen and oxygen atoms in total. The third-order valence-corrected chi connectivity index (χ3v) is 3.40. The molecule has 0 unspecified atom stereocenters. The molecule has 0 spiro atoms. The van der Waals surface area contributed by atoms with Gasteiger partial charge in [0.1, 0.15) is 6.33 Å². The third-order valence-electron chi connectivity index (χ3n) is 3.40. The van der Waals surface area contributed by atoms with Crippen LogP contribution < -0.4 is 10.6 Å². The molecule has 1 fully saturated rings. The summed E-state index contributed by atoms with van der Waals surface area (Å²) in [6, 6.07) is -0.256. The number of nitrogens with zero attached hydrogens (tertiary/aromatic N) is 3. The van der Waals surface area contributed by atoms with Crippen molar-refractivity contribution in [3.8, 4) is 0 Å². The number of hydrogen-bond acceptors (Lipinski definition) is 4. The predicted octanol–water partition coefficient (Wildman–Crippen LogP) is 0.488. The fourth-order valence-corrected chi connectivity index (χ4v) is 2.33. The van der Waals surface area contributed by atoms with Crippen molar-refractivity contribution in [2.75, 3.05) is 11.9 Å². The molecule has 0 radical (unpaired) electrons. The number of carbonyl (C=O) groups is 1. The monoisotopic (exact) mass is 253 g/mol. The van der Waals surface area contributed by atoms with E-state index in [1.807, 2.05) is 0 Å². The molecule has 2 amide bonds. The van der Waals surface area contributed by atoms with Crippen molar-refractivity contribution < 1.29 is 9.90 Å². The van der Waals surface area contributed by atoms with Crippen LogP contribution in [0.25, 0.3) is 0 Å². The lowest BCUT2D eigenvalue weighted by atomic mass is 9.85. The second-order valence-corrected chi connectivity index (χ2v) is 4.64. The van der Waals surface area contributed by atoms with E-state index in [4.69, 9.17) is 0 Å². The maximum atomic E-state index is 11.8. The molecule has 1 aliphatic rings. The van der Waals surface area contributed by atoms with E-state index in [1.54, 1.807) is 7.05 Å². The Balaban J connectivity index is 1.88. The van der Waals surface area contributed by atoms with Crippen LogP contribution in [0.4, 0.5) is 10.7 Å². The van der Waals surface area contributed by atoms with Crippen molar-refractivity contribution in [2.45, 2.75) is 31.7 Å². The van der Waals surface area contributed by atoms with Crippen LogP contribution in [0, 0.1) is 5.92 Å². The van der Waals surface area contributed by atoms with Gasteiger partial charge in [-0.05, 0) is 12.8 Å². The molecular formula is C11H19N5O2. The lowest BCUT2D eigenvalue weighted by Crippen LogP contribution is -2.45. The third kappa shape index (κ3) is 2.98. The number of aryl methyl sites for hydroxylation is 1. The summed E-state index contributed by atoms with van der Waals surface area (Å²) in [5.74, 6) is 0.563. The molecule has 0 aliphatic heterocycles. The summed E-state index contributed by atoms with van der Waals surface area (Å²) >= 11 is 0. The van der Waals surface area contributed by atoms with Crippen LogP contribution in [-0.2, 0) is 7.05 Å². The van der Waals surface area contributed by atoms with Gasteiger partial charge in [-0.25, -0.2) is 9.48 Å². The SMILES string of the molecule is Cn1ncnc1NC(=O)N[C@@H]1CCCC[C@H]1CO. The average Bonchev–Trinajstić information content (AvgIpc) is 2.75. The van der Waals surface area contributed by atoms with E-state index in [0.29, 0.717) is 5.95 Å². The average molecular weight is 253 g/mol. The van der Waals surface area contributed by atoms with Crippen LogP contribution in [0.1, 0.15) is 25.7 Å². The number of carbonyl (C=O) groups excluding carboxylic acids is 1. The maximum Gasteiger partial charge on any atom is 0.321 e. The Morgan fingerprint density at radius 2 is 2.33 bits per heavy atom. The highest BCUT2D eigenvalue weighted by Crippen LogP contribution is 2.23. The van der Waals surface area contributed by atoms with Crippen molar-refractivity contribution in [1.82, 2.24) is 20.1 Å². The lowest BCUT2D eigenvalue weighted by molar-refractivity contribution is 0.156. The Kier molecular flexibility index (Phi) is 4.14. The highest BCUT2D eigenvalue weighted by molar-refractivity contribution is 5.87.